The van der Waals surface area contributed by atoms with Crippen LogP contribution in [0.2, 0.25) is 0 Å². The molecule has 1 saturated carbocycles. The van der Waals surface area contributed by atoms with E-state index in [1.165, 1.54) is 9.70 Å². The average Bonchev–Trinajstić information content (AvgIpc) is 3.73. The maximum Gasteiger partial charge on any atom is 0.247 e. The Morgan fingerprint density at radius 3 is 2.51 bits per heavy atom. The van der Waals surface area contributed by atoms with E-state index in [9.17, 15) is 9.59 Å². The summed E-state index contributed by atoms with van der Waals surface area (Å²) in [7, 11) is 3.91. The zero-order chi connectivity index (χ0) is 27.4. The fraction of sp³-hybridized carbons (Fsp3) is 0.393. The van der Waals surface area contributed by atoms with Crippen molar-refractivity contribution in [1.29, 1.82) is 0 Å². The van der Waals surface area contributed by atoms with Crippen molar-refractivity contribution >= 4 is 17.5 Å². The molecule has 0 spiro atoms. The Hall–Kier alpha value is -4.41. The van der Waals surface area contributed by atoms with E-state index in [-0.39, 0.29) is 36.8 Å². The molecule has 1 aliphatic carbocycles. The second-order valence-electron chi connectivity index (χ2n) is 10.0. The summed E-state index contributed by atoms with van der Waals surface area (Å²) in [5.41, 5.74) is 1.69. The molecule has 3 heterocycles. The summed E-state index contributed by atoms with van der Waals surface area (Å²) < 4.78 is 11.2. The number of nitrogens with zero attached hydrogens (tertiary/aromatic N) is 6. The lowest BCUT2D eigenvalue weighted by Gasteiger charge is -2.32. The van der Waals surface area contributed by atoms with Crippen LogP contribution in [0.25, 0.3) is 11.6 Å². The van der Waals surface area contributed by atoms with E-state index < -0.39 is 6.04 Å². The number of aryl methyl sites for hydroxylation is 1. The van der Waals surface area contributed by atoms with Crippen LogP contribution in [0.15, 0.2) is 63.6 Å². The number of nitrogens with one attached hydrogen (secondary N) is 1. The smallest absolute Gasteiger partial charge is 0.247 e. The third kappa shape index (κ3) is 6.19. The number of rotatable bonds is 10. The highest BCUT2D eigenvalue weighted by molar-refractivity contribution is 5.89. The van der Waals surface area contributed by atoms with Crippen molar-refractivity contribution < 1.29 is 18.4 Å². The Morgan fingerprint density at radius 1 is 1.10 bits per heavy atom. The van der Waals surface area contributed by atoms with Gasteiger partial charge in [0.2, 0.25) is 17.6 Å². The van der Waals surface area contributed by atoms with Gasteiger partial charge in [-0.15, -0.1) is 10.2 Å². The maximum atomic E-state index is 13.9. The van der Waals surface area contributed by atoms with Crippen LogP contribution in [0.1, 0.15) is 48.8 Å². The first-order valence-corrected chi connectivity index (χ1v) is 13.1. The summed E-state index contributed by atoms with van der Waals surface area (Å²) >= 11 is 0. The van der Waals surface area contributed by atoms with Gasteiger partial charge in [-0.05, 0) is 66.9 Å². The van der Waals surface area contributed by atoms with Crippen molar-refractivity contribution in [3.8, 4) is 11.6 Å². The van der Waals surface area contributed by atoms with Crippen molar-refractivity contribution in [2.75, 3.05) is 19.0 Å². The van der Waals surface area contributed by atoms with E-state index >= 15 is 0 Å². The van der Waals surface area contributed by atoms with Crippen LogP contribution in [0.3, 0.4) is 0 Å². The molecule has 0 saturated heterocycles. The van der Waals surface area contributed by atoms with Crippen LogP contribution in [0, 0.1) is 6.92 Å². The van der Waals surface area contributed by atoms with Crippen LogP contribution in [0.4, 0.5) is 5.69 Å². The number of amides is 2. The van der Waals surface area contributed by atoms with Crippen molar-refractivity contribution in [3.05, 3.63) is 71.9 Å². The summed E-state index contributed by atoms with van der Waals surface area (Å²) in [4.78, 5) is 32.4. The minimum absolute atomic E-state index is 0.0953. The third-order valence-corrected chi connectivity index (χ3v) is 6.90. The van der Waals surface area contributed by atoms with Gasteiger partial charge in [0.05, 0.1) is 12.8 Å². The van der Waals surface area contributed by atoms with Gasteiger partial charge in [-0.1, -0.05) is 25.0 Å². The van der Waals surface area contributed by atoms with E-state index in [2.05, 4.69) is 20.7 Å². The molecule has 1 aliphatic rings. The lowest BCUT2D eigenvalue weighted by atomic mass is 10.0. The molecular formula is C28H33N7O4. The summed E-state index contributed by atoms with van der Waals surface area (Å²) in [6.45, 7) is 1.71. The molecule has 0 bridgehead atoms. The third-order valence-electron chi connectivity index (χ3n) is 6.90. The van der Waals surface area contributed by atoms with Crippen LogP contribution >= 0.6 is 0 Å². The Labute approximate surface area is 226 Å². The molecule has 204 valence electrons. The van der Waals surface area contributed by atoms with Crippen molar-refractivity contribution in [1.82, 2.24) is 30.4 Å². The number of tetrazole rings is 1. The van der Waals surface area contributed by atoms with Gasteiger partial charge in [0.25, 0.3) is 0 Å². The van der Waals surface area contributed by atoms with E-state index in [0.717, 1.165) is 37.1 Å². The van der Waals surface area contributed by atoms with Crippen LogP contribution < -0.4 is 10.2 Å². The monoisotopic (exact) mass is 531 g/mol. The number of hydrogen-bond donors (Lipinski definition) is 1. The molecule has 4 aromatic rings. The summed E-state index contributed by atoms with van der Waals surface area (Å²) in [6.07, 6.45) is 5.58. The first-order chi connectivity index (χ1) is 18.9. The first kappa shape index (κ1) is 26.2. The number of anilines is 1. The minimum Gasteiger partial charge on any atom is -0.467 e. The number of carbonyl (C=O) groups is 2. The number of aromatic nitrogens is 4. The van der Waals surface area contributed by atoms with Gasteiger partial charge in [-0.3, -0.25) is 9.59 Å². The van der Waals surface area contributed by atoms with Gasteiger partial charge in [0.1, 0.15) is 24.1 Å². The van der Waals surface area contributed by atoms with Gasteiger partial charge in [0.15, 0.2) is 5.76 Å². The van der Waals surface area contributed by atoms with Crippen LogP contribution in [-0.2, 0) is 22.7 Å². The summed E-state index contributed by atoms with van der Waals surface area (Å²) in [6, 6.07) is 14.0. The van der Waals surface area contributed by atoms with Gasteiger partial charge in [-0.2, -0.15) is 4.80 Å². The molecule has 5 rings (SSSR count). The number of furan rings is 2. The zero-order valence-electron chi connectivity index (χ0n) is 22.4. The van der Waals surface area contributed by atoms with E-state index in [1.54, 1.807) is 30.5 Å². The topological polar surface area (TPSA) is 123 Å². The van der Waals surface area contributed by atoms with Crippen LogP contribution in [-0.4, -0.2) is 57.1 Å². The standard InChI is InChI=1S/C28H33N7O4/c1-19-10-15-24(39-19)27-30-32-35(31-27)18-25(36)34(17-23-9-6-16-38-23)26(28(37)29-21-7-4-5-8-21)20-11-13-22(14-12-20)33(2)3/h6,9-16,21,26H,4-5,7-8,17-18H2,1-3H3,(H,29,37). The van der Waals surface area contributed by atoms with Gasteiger partial charge >= 0.3 is 0 Å². The summed E-state index contributed by atoms with van der Waals surface area (Å²) in [5.74, 6) is 1.45. The van der Waals surface area contributed by atoms with E-state index in [0.29, 0.717) is 17.1 Å². The van der Waals surface area contributed by atoms with E-state index in [1.807, 2.05) is 50.2 Å². The normalized spacial score (nSPS) is 14.3. The predicted molar refractivity (Wildman–Crippen MR) is 143 cm³/mol. The molecule has 0 radical (unpaired) electrons. The average molecular weight is 532 g/mol. The molecule has 2 amide bonds. The predicted octanol–water partition coefficient (Wildman–Crippen LogP) is 3.73. The van der Waals surface area contributed by atoms with Crippen molar-refractivity contribution in [3.63, 3.8) is 0 Å². The lowest BCUT2D eigenvalue weighted by Crippen LogP contribution is -2.46. The molecule has 11 heteroatoms. The highest BCUT2D eigenvalue weighted by Crippen LogP contribution is 2.28. The SMILES string of the molecule is Cc1ccc(-c2nnn(CC(=O)N(Cc3ccco3)C(C(=O)NC3CCCC3)c3ccc(N(C)C)cc3)n2)o1. The second kappa shape index (κ2) is 11.5. The molecule has 1 aromatic carbocycles. The molecule has 1 atom stereocenters. The Morgan fingerprint density at radius 2 is 1.87 bits per heavy atom. The van der Waals surface area contributed by atoms with Gasteiger partial charge in [-0.25, -0.2) is 0 Å². The fourth-order valence-corrected chi connectivity index (χ4v) is 4.85. The van der Waals surface area contributed by atoms with Crippen molar-refractivity contribution in [2.24, 2.45) is 0 Å². The Balaban J connectivity index is 1.46. The van der Waals surface area contributed by atoms with Gasteiger partial charge in [0, 0.05) is 25.8 Å². The molecule has 1 unspecified atom stereocenters. The van der Waals surface area contributed by atoms with Crippen LogP contribution in [0.5, 0.6) is 0 Å². The zero-order valence-corrected chi connectivity index (χ0v) is 22.4. The highest BCUT2D eigenvalue weighted by atomic mass is 16.3. The first-order valence-electron chi connectivity index (χ1n) is 13.1. The van der Waals surface area contributed by atoms with Crippen molar-refractivity contribution in [2.45, 2.75) is 57.8 Å². The quantitative estimate of drug-likeness (QED) is 0.328. The maximum absolute atomic E-state index is 13.9. The number of benzene rings is 1. The molecule has 1 N–H and O–H groups in total. The Bertz CT molecular complexity index is 1390. The Kier molecular flexibility index (Phi) is 7.76. The molecule has 1 fully saturated rings. The fourth-order valence-electron chi connectivity index (χ4n) is 4.85. The minimum atomic E-state index is -0.880. The number of hydrogen-bond acceptors (Lipinski definition) is 8. The lowest BCUT2D eigenvalue weighted by molar-refractivity contribution is -0.143. The summed E-state index contributed by atoms with van der Waals surface area (Å²) in [5, 5.41) is 15.6. The number of carbonyl (C=O) groups excluding carboxylic acids is 2. The largest absolute Gasteiger partial charge is 0.467 e. The molecule has 11 nitrogen and oxygen atoms in total. The molecule has 39 heavy (non-hydrogen) atoms. The second-order valence-corrected chi connectivity index (χ2v) is 10.0. The van der Waals surface area contributed by atoms with Gasteiger partial charge < -0.3 is 24.0 Å². The molecular weight excluding hydrogens is 498 g/mol. The highest BCUT2D eigenvalue weighted by Gasteiger charge is 2.34. The molecule has 3 aromatic heterocycles. The molecule has 0 aliphatic heterocycles. The van der Waals surface area contributed by atoms with E-state index in [4.69, 9.17) is 8.83 Å².